The molecule has 2 aromatic rings. The van der Waals surface area contributed by atoms with Gasteiger partial charge in [0, 0.05) is 18.5 Å². The van der Waals surface area contributed by atoms with Gasteiger partial charge in [0.15, 0.2) is 0 Å². The van der Waals surface area contributed by atoms with Crippen molar-refractivity contribution in [2.75, 3.05) is 0 Å². The van der Waals surface area contributed by atoms with Crippen molar-refractivity contribution < 1.29 is 9.90 Å². The highest BCUT2D eigenvalue weighted by molar-refractivity contribution is 5.67. The van der Waals surface area contributed by atoms with Crippen LogP contribution in [0.5, 0.6) is 0 Å². The second-order valence-electron chi connectivity index (χ2n) is 7.14. The number of rotatable bonds is 7. The molecule has 3 atom stereocenters. The molecule has 2 N–H and O–H groups in total. The van der Waals surface area contributed by atoms with E-state index in [1.54, 1.807) is 0 Å². The van der Waals surface area contributed by atoms with Gasteiger partial charge in [-0.05, 0) is 55.2 Å². The molecule has 2 aromatic carbocycles. The van der Waals surface area contributed by atoms with E-state index in [4.69, 9.17) is 5.11 Å². The summed E-state index contributed by atoms with van der Waals surface area (Å²) in [4.78, 5) is 10.7. The molecule has 1 saturated carbocycles. The number of carboxylic acids is 1. The van der Waals surface area contributed by atoms with Crippen molar-refractivity contribution in [2.45, 2.75) is 57.0 Å². The van der Waals surface area contributed by atoms with Crippen LogP contribution in [0.2, 0.25) is 0 Å². The van der Waals surface area contributed by atoms with Gasteiger partial charge in [-0.2, -0.15) is 0 Å². The monoisotopic (exact) mass is 337 g/mol. The van der Waals surface area contributed by atoms with E-state index in [2.05, 4.69) is 66.8 Å². The maximum absolute atomic E-state index is 10.7. The lowest BCUT2D eigenvalue weighted by Gasteiger charge is -2.20. The van der Waals surface area contributed by atoms with E-state index in [0.29, 0.717) is 24.4 Å². The van der Waals surface area contributed by atoms with Crippen LogP contribution in [0, 0.1) is 0 Å². The lowest BCUT2D eigenvalue weighted by atomic mass is 9.95. The molecule has 0 radical (unpaired) electrons. The van der Waals surface area contributed by atoms with Crippen LogP contribution in [0.4, 0.5) is 0 Å². The third-order valence-electron chi connectivity index (χ3n) is 5.30. The number of aryl methyl sites for hydroxylation is 1. The van der Waals surface area contributed by atoms with Gasteiger partial charge in [-0.1, -0.05) is 54.6 Å². The van der Waals surface area contributed by atoms with E-state index in [0.717, 1.165) is 5.56 Å². The molecule has 1 aliphatic carbocycles. The molecule has 3 heteroatoms. The first-order valence-electron chi connectivity index (χ1n) is 9.23. The molecule has 0 bridgehead atoms. The molecule has 2 unspecified atom stereocenters. The highest BCUT2D eigenvalue weighted by atomic mass is 16.4. The van der Waals surface area contributed by atoms with E-state index >= 15 is 0 Å². The van der Waals surface area contributed by atoms with Crippen LogP contribution in [-0.4, -0.2) is 17.1 Å². The van der Waals surface area contributed by atoms with Gasteiger partial charge < -0.3 is 10.4 Å². The topological polar surface area (TPSA) is 49.3 Å². The molecule has 1 fully saturated rings. The van der Waals surface area contributed by atoms with Gasteiger partial charge in [0.25, 0.3) is 0 Å². The summed E-state index contributed by atoms with van der Waals surface area (Å²) < 4.78 is 0. The molecule has 0 heterocycles. The summed E-state index contributed by atoms with van der Waals surface area (Å²) in [6.45, 7) is 2.24. The normalized spacial score (nSPS) is 21.2. The van der Waals surface area contributed by atoms with Crippen molar-refractivity contribution in [1.29, 1.82) is 0 Å². The van der Waals surface area contributed by atoms with E-state index < -0.39 is 5.97 Å². The first-order chi connectivity index (χ1) is 12.1. The first kappa shape index (κ1) is 17.7. The minimum absolute atomic E-state index is 0.201. The number of aliphatic carboxylic acids is 1. The molecular weight excluding hydrogens is 310 g/mol. The van der Waals surface area contributed by atoms with Gasteiger partial charge in [0.2, 0.25) is 0 Å². The van der Waals surface area contributed by atoms with Crippen molar-refractivity contribution in [2.24, 2.45) is 0 Å². The molecule has 0 saturated heterocycles. The molecule has 25 heavy (non-hydrogen) atoms. The minimum atomic E-state index is -0.735. The first-order valence-corrected chi connectivity index (χ1v) is 9.23. The number of carboxylic acid groups (broad SMARTS) is 1. The third kappa shape index (κ3) is 4.93. The molecule has 0 amide bonds. The molecule has 1 aliphatic rings. The predicted octanol–water partition coefficient (Wildman–Crippen LogP) is 4.69. The lowest BCUT2D eigenvalue weighted by molar-refractivity contribution is -0.136. The van der Waals surface area contributed by atoms with Crippen molar-refractivity contribution in [1.82, 2.24) is 5.32 Å². The Kier molecular flexibility index (Phi) is 5.87. The lowest BCUT2D eigenvalue weighted by Crippen LogP contribution is -2.29. The van der Waals surface area contributed by atoms with Crippen LogP contribution in [-0.2, 0) is 11.2 Å². The van der Waals surface area contributed by atoms with Crippen molar-refractivity contribution in [3.63, 3.8) is 0 Å². The SMILES string of the molecule is CC(NC1CC[C@H](c2ccc(CCC(=O)O)cc2)C1)c1ccccc1. The zero-order valence-electron chi connectivity index (χ0n) is 14.8. The van der Waals surface area contributed by atoms with Crippen LogP contribution in [0.25, 0.3) is 0 Å². The number of hydrogen-bond acceptors (Lipinski definition) is 2. The van der Waals surface area contributed by atoms with Crippen molar-refractivity contribution in [3.05, 3.63) is 71.3 Å². The Morgan fingerprint density at radius 3 is 2.52 bits per heavy atom. The Balaban J connectivity index is 1.53. The fourth-order valence-corrected chi connectivity index (χ4v) is 3.83. The summed E-state index contributed by atoms with van der Waals surface area (Å²) in [7, 11) is 0. The summed E-state index contributed by atoms with van der Waals surface area (Å²) in [5.41, 5.74) is 3.83. The van der Waals surface area contributed by atoms with Crippen molar-refractivity contribution in [3.8, 4) is 0 Å². The van der Waals surface area contributed by atoms with Crippen LogP contribution in [0.3, 0.4) is 0 Å². The van der Waals surface area contributed by atoms with E-state index in [9.17, 15) is 4.79 Å². The molecule has 0 aromatic heterocycles. The van der Waals surface area contributed by atoms with Gasteiger partial charge in [0.1, 0.15) is 0 Å². The van der Waals surface area contributed by atoms with Crippen molar-refractivity contribution >= 4 is 5.97 Å². The highest BCUT2D eigenvalue weighted by Gasteiger charge is 2.26. The summed E-state index contributed by atoms with van der Waals surface area (Å²) >= 11 is 0. The Bertz CT molecular complexity index is 681. The maximum atomic E-state index is 10.7. The van der Waals surface area contributed by atoms with Crippen LogP contribution < -0.4 is 5.32 Å². The van der Waals surface area contributed by atoms with Crippen LogP contribution in [0.1, 0.15) is 61.3 Å². The van der Waals surface area contributed by atoms with Gasteiger partial charge in [0.05, 0.1) is 0 Å². The molecule has 0 aliphatic heterocycles. The number of nitrogens with one attached hydrogen (secondary N) is 1. The van der Waals surface area contributed by atoms with E-state index in [-0.39, 0.29) is 6.42 Å². The highest BCUT2D eigenvalue weighted by Crippen LogP contribution is 2.35. The third-order valence-corrected chi connectivity index (χ3v) is 5.30. The Morgan fingerprint density at radius 1 is 1.12 bits per heavy atom. The molecular formula is C22H27NO2. The smallest absolute Gasteiger partial charge is 0.303 e. The van der Waals surface area contributed by atoms with Gasteiger partial charge in [-0.25, -0.2) is 0 Å². The molecule has 3 rings (SSSR count). The second-order valence-corrected chi connectivity index (χ2v) is 7.14. The predicted molar refractivity (Wildman–Crippen MR) is 101 cm³/mol. The summed E-state index contributed by atoms with van der Waals surface area (Å²) in [5, 5.41) is 12.6. The molecule has 3 nitrogen and oxygen atoms in total. The molecule has 132 valence electrons. The zero-order valence-corrected chi connectivity index (χ0v) is 14.8. The van der Waals surface area contributed by atoms with Crippen LogP contribution in [0.15, 0.2) is 54.6 Å². The maximum Gasteiger partial charge on any atom is 0.303 e. The van der Waals surface area contributed by atoms with Gasteiger partial charge in [-0.3, -0.25) is 4.79 Å². The van der Waals surface area contributed by atoms with E-state index in [1.807, 2.05) is 0 Å². The fraction of sp³-hybridized carbons (Fsp3) is 0.409. The molecule has 0 spiro atoms. The second kappa shape index (κ2) is 8.30. The Hall–Kier alpha value is -2.13. The Labute approximate surface area is 150 Å². The quantitative estimate of drug-likeness (QED) is 0.770. The minimum Gasteiger partial charge on any atom is -0.481 e. The summed E-state index contributed by atoms with van der Waals surface area (Å²) in [6, 6.07) is 20.1. The number of carbonyl (C=O) groups is 1. The summed E-state index contributed by atoms with van der Waals surface area (Å²) in [5.74, 6) is -0.129. The standard InChI is InChI=1S/C22H27NO2/c1-16(18-5-3-2-4-6-18)23-21-13-12-20(15-21)19-10-7-17(8-11-19)9-14-22(24)25/h2-8,10-11,16,20-21,23H,9,12-15H2,1H3,(H,24,25)/t16?,20-,21?/m0/s1. The largest absolute Gasteiger partial charge is 0.481 e. The van der Waals surface area contributed by atoms with Gasteiger partial charge >= 0.3 is 5.97 Å². The zero-order chi connectivity index (χ0) is 17.6. The Morgan fingerprint density at radius 2 is 1.84 bits per heavy atom. The average molecular weight is 337 g/mol. The number of benzene rings is 2. The van der Waals surface area contributed by atoms with Gasteiger partial charge in [-0.15, -0.1) is 0 Å². The average Bonchev–Trinajstić information content (AvgIpc) is 3.09. The number of hydrogen-bond donors (Lipinski definition) is 2. The van der Waals surface area contributed by atoms with E-state index in [1.165, 1.54) is 30.4 Å². The fourth-order valence-electron chi connectivity index (χ4n) is 3.83. The summed E-state index contributed by atoms with van der Waals surface area (Å²) in [6.07, 6.45) is 4.41. The van der Waals surface area contributed by atoms with Crippen LogP contribution >= 0.6 is 0 Å².